The average Bonchev–Trinajstić information content (AvgIpc) is 3.53. The summed E-state index contributed by atoms with van der Waals surface area (Å²) in [6, 6.07) is 1.83. The first-order valence-corrected chi connectivity index (χ1v) is 19.0. The summed E-state index contributed by atoms with van der Waals surface area (Å²) < 4.78 is 44.7. The number of aromatic hydroxyl groups is 2. The number of phenols is 2. The van der Waals surface area contributed by atoms with E-state index in [1.54, 1.807) is 59.8 Å². The number of benzene rings is 3. The number of phenolic OH excluding ortho intramolecular Hbond substituents is 2. The van der Waals surface area contributed by atoms with Crippen LogP contribution in [0.1, 0.15) is 59.6 Å². The number of allylic oxidation sites excluding steroid dienone is 2. The third-order valence-corrected chi connectivity index (χ3v) is 11.4. The molecule has 14 nitrogen and oxygen atoms in total. The van der Waals surface area contributed by atoms with Crippen molar-refractivity contribution in [1.29, 1.82) is 0 Å². The number of halogens is 1. The van der Waals surface area contributed by atoms with Crippen molar-refractivity contribution in [3.63, 3.8) is 0 Å². The molecule has 1 aliphatic carbocycles. The number of nitrogens with one attached hydrogen (secondary N) is 1. The molecular formula is C43H49FN2O12. The lowest BCUT2D eigenvalue weighted by atomic mass is 9.78. The van der Waals surface area contributed by atoms with Crippen LogP contribution in [0.25, 0.3) is 33.3 Å². The number of ether oxygens (including phenoxy) is 4. The molecule has 6 rings (SSSR count). The Balaban J connectivity index is 1.57. The number of fused-ring (bicyclic) bond motifs is 2. The second-order valence-corrected chi connectivity index (χ2v) is 15.6. The standard InChI is InChI=1S/C43H49FN2O12/c1-18-11-10-12-19(2)42(53)46-34-38(52)31-30(33-41(34)57-29-16-25(44)15-27(48)32(29)45-33)26-17-43(8,58-40(26)23(6)37(31)51)55-14-13-28(54-9)20(3)39(56-24(7)47)22(5)36(50)21(4)35(18)49/h10-16,18,20-22,28,35-36,39,48-51H,17H2,1-9H3,(H,46,53)/b11-10+,14-13+,19-12-/t18-,20+,21+,22+,28-,35-,36+,39+,43-/m0/s1. The predicted molar refractivity (Wildman–Crippen MR) is 212 cm³/mol. The zero-order valence-electron chi connectivity index (χ0n) is 33.7. The number of amides is 1. The lowest BCUT2D eigenvalue weighted by Crippen LogP contribution is -2.46. The Morgan fingerprint density at radius 2 is 1.72 bits per heavy atom. The van der Waals surface area contributed by atoms with E-state index >= 15 is 0 Å². The zero-order chi connectivity index (χ0) is 42.5. The summed E-state index contributed by atoms with van der Waals surface area (Å²) in [4.78, 5) is 45.1. The molecule has 0 saturated heterocycles. The lowest BCUT2D eigenvalue weighted by Gasteiger charge is -2.38. The normalized spacial score (nSPS) is 30.4. The van der Waals surface area contributed by atoms with E-state index in [-0.39, 0.29) is 62.3 Å². The van der Waals surface area contributed by atoms with Gasteiger partial charge in [-0.2, -0.15) is 0 Å². The number of aliphatic hydroxyl groups excluding tert-OH is 2. The number of aromatic nitrogens is 1. The van der Waals surface area contributed by atoms with E-state index in [2.05, 4.69) is 10.3 Å². The molecule has 2 aromatic carbocycles. The van der Waals surface area contributed by atoms with Gasteiger partial charge in [0.15, 0.2) is 11.3 Å². The van der Waals surface area contributed by atoms with Gasteiger partial charge in [0.05, 0.1) is 36.4 Å². The molecule has 0 unspecified atom stereocenters. The predicted octanol–water partition coefficient (Wildman–Crippen LogP) is 6.15. The van der Waals surface area contributed by atoms with Crippen molar-refractivity contribution < 1.29 is 57.8 Å². The van der Waals surface area contributed by atoms with Gasteiger partial charge in [-0.1, -0.05) is 45.9 Å². The van der Waals surface area contributed by atoms with Gasteiger partial charge >= 0.3 is 5.97 Å². The maximum absolute atomic E-state index is 14.5. The van der Waals surface area contributed by atoms with Gasteiger partial charge < -0.3 is 49.1 Å². The highest BCUT2D eigenvalue weighted by atomic mass is 19.1. The third kappa shape index (κ3) is 7.61. The molecule has 1 amide bonds. The first kappa shape index (κ1) is 42.1. The van der Waals surface area contributed by atoms with Gasteiger partial charge in [-0.25, -0.2) is 9.37 Å². The minimum Gasteiger partial charge on any atom is -0.507 e. The molecule has 0 aromatic heterocycles. The van der Waals surface area contributed by atoms with Crippen molar-refractivity contribution in [2.24, 2.45) is 23.7 Å². The fraction of sp³-hybridized carbons (Fsp3) is 0.442. The van der Waals surface area contributed by atoms with Crippen LogP contribution in [0.4, 0.5) is 10.1 Å². The smallest absolute Gasteiger partial charge is 0.302 e. The molecule has 15 heteroatoms. The van der Waals surface area contributed by atoms with Crippen LogP contribution in [-0.2, 0) is 30.2 Å². The van der Waals surface area contributed by atoms with E-state index in [4.69, 9.17) is 23.4 Å². The first-order valence-electron chi connectivity index (χ1n) is 19.0. The minimum atomic E-state index is -1.43. The highest BCUT2D eigenvalue weighted by Gasteiger charge is 2.43. The van der Waals surface area contributed by atoms with Crippen LogP contribution in [-0.4, -0.2) is 74.6 Å². The van der Waals surface area contributed by atoms with E-state index in [9.17, 15) is 39.2 Å². The van der Waals surface area contributed by atoms with Crippen LogP contribution in [0.2, 0.25) is 0 Å². The zero-order valence-corrected chi connectivity index (χ0v) is 33.7. The van der Waals surface area contributed by atoms with E-state index in [0.29, 0.717) is 5.56 Å². The molecule has 9 atom stereocenters. The van der Waals surface area contributed by atoms with Crippen LogP contribution in [0.3, 0.4) is 0 Å². The van der Waals surface area contributed by atoms with Crippen LogP contribution >= 0.6 is 0 Å². The monoisotopic (exact) mass is 804 g/mol. The highest BCUT2D eigenvalue weighted by molar-refractivity contribution is 6.12. The second-order valence-electron chi connectivity index (χ2n) is 15.6. The van der Waals surface area contributed by atoms with E-state index in [0.717, 1.165) is 12.1 Å². The van der Waals surface area contributed by atoms with Gasteiger partial charge in [0.25, 0.3) is 11.7 Å². The fourth-order valence-corrected chi connectivity index (χ4v) is 8.02. The van der Waals surface area contributed by atoms with E-state index < -0.39 is 88.5 Å². The van der Waals surface area contributed by atoms with E-state index in [1.165, 1.54) is 33.3 Å². The number of hydrogen-bond acceptors (Lipinski definition) is 13. The Kier molecular flexibility index (Phi) is 11.6. The van der Waals surface area contributed by atoms with Crippen molar-refractivity contribution in [2.75, 3.05) is 12.4 Å². The average molecular weight is 805 g/mol. The van der Waals surface area contributed by atoms with Gasteiger partial charge in [0.2, 0.25) is 5.43 Å². The van der Waals surface area contributed by atoms with Crippen LogP contribution < -0.4 is 15.5 Å². The largest absolute Gasteiger partial charge is 0.507 e. The molecule has 0 saturated carbocycles. The maximum Gasteiger partial charge on any atom is 0.302 e. The summed E-state index contributed by atoms with van der Waals surface area (Å²) in [5.74, 6) is -7.03. The summed E-state index contributed by atoms with van der Waals surface area (Å²) in [6.45, 7) is 12.9. The fourth-order valence-electron chi connectivity index (χ4n) is 8.02. The number of rotatable bonds is 2. The van der Waals surface area contributed by atoms with Crippen molar-refractivity contribution in [3.05, 3.63) is 75.4 Å². The minimum absolute atomic E-state index is 0.00102. The summed E-state index contributed by atoms with van der Waals surface area (Å²) >= 11 is 0. The summed E-state index contributed by atoms with van der Waals surface area (Å²) in [5.41, 5.74) is -0.877. The third-order valence-electron chi connectivity index (χ3n) is 11.4. The molecule has 4 bridgehead atoms. The number of carbonyl (C=O) groups is 2. The molecule has 58 heavy (non-hydrogen) atoms. The van der Waals surface area contributed by atoms with E-state index in [1.807, 2.05) is 0 Å². The molecule has 3 aliphatic heterocycles. The number of esters is 1. The topological polar surface area (TPSA) is 207 Å². The van der Waals surface area contributed by atoms with Gasteiger partial charge in [0.1, 0.15) is 46.1 Å². The molecule has 3 heterocycles. The molecule has 2 aromatic rings. The Hall–Kier alpha value is -5.51. The molecule has 0 fully saturated rings. The van der Waals surface area contributed by atoms with Gasteiger partial charge in [-0.15, -0.1) is 0 Å². The lowest BCUT2D eigenvalue weighted by molar-refractivity contribution is -0.160. The van der Waals surface area contributed by atoms with Crippen molar-refractivity contribution >= 4 is 39.4 Å². The Morgan fingerprint density at radius 1 is 1.02 bits per heavy atom. The number of methoxy groups -OCH3 is 1. The Morgan fingerprint density at radius 3 is 2.40 bits per heavy atom. The second kappa shape index (κ2) is 16.0. The highest BCUT2D eigenvalue weighted by Crippen LogP contribution is 2.51. The van der Waals surface area contributed by atoms with Crippen molar-refractivity contribution in [3.8, 4) is 28.7 Å². The Labute approximate surface area is 333 Å². The quantitative estimate of drug-likeness (QED) is 0.0876. The van der Waals surface area contributed by atoms with Crippen molar-refractivity contribution in [2.45, 2.75) is 92.0 Å². The number of anilines is 1. The molecule has 0 spiro atoms. The van der Waals surface area contributed by atoms with Crippen molar-refractivity contribution in [1.82, 2.24) is 4.98 Å². The summed E-state index contributed by atoms with van der Waals surface area (Å²) in [5, 5.41) is 47.7. The first-order chi connectivity index (χ1) is 27.3. The molecular weight excluding hydrogens is 755 g/mol. The summed E-state index contributed by atoms with van der Waals surface area (Å²) in [6.07, 6.45) is 3.90. The van der Waals surface area contributed by atoms with Crippen LogP contribution in [0, 0.1) is 36.4 Å². The number of carbonyl (C=O) groups excluding carboxylic acids is 2. The van der Waals surface area contributed by atoms with Gasteiger partial charge in [-0.3, -0.25) is 14.4 Å². The molecule has 310 valence electrons. The van der Waals surface area contributed by atoms with Crippen LogP contribution in [0.15, 0.2) is 57.5 Å². The molecule has 0 radical (unpaired) electrons. The van der Waals surface area contributed by atoms with Gasteiger partial charge in [0, 0.05) is 78.8 Å². The molecule has 5 N–H and O–H groups in total. The Bertz CT molecular complexity index is 2400. The number of hydrogen-bond donors (Lipinski definition) is 5. The number of aliphatic hydroxyl groups is 2. The van der Waals surface area contributed by atoms with Gasteiger partial charge in [-0.05, 0) is 19.9 Å². The van der Waals surface area contributed by atoms with Crippen LogP contribution in [0.5, 0.6) is 17.2 Å². The summed E-state index contributed by atoms with van der Waals surface area (Å²) in [7, 11) is 1.47. The SMILES string of the molecule is CO[C@H]1/C=C/O[C@]2(C)Cc3c(c(C)c(O)c4c(=O)c(c5oc6cc(F)cc(O)c6nc-5c34)NC(=O)/C(C)=C\C=C\[C@H](C)[C@H](O)[C@@H](C)[C@@H](O)[C@@H](C)[C@H](OC(C)=O)[C@@H]1C)O2. The number of nitrogens with zero attached hydrogens (tertiary/aromatic N) is 1. The maximum atomic E-state index is 14.5. The molecule has 4 aliphatic rings.